The van der Waals surface area contributed by atoms with Crippen LogP contribution in [0.1, 0.15) is 11.3 Å². The summed E-state index contributed by atoms with van der Waals surface area (Å²) in [6.45, 7) is 0. The van der Waals surface area contributed by atoms with E-state index in [2.05, 4.69) is 5.32 Å². The topological polar surface area (TPSA) is 104 Å². The van der Waals surface area contributed by atoms with E-state index < -0.39 is 30.3 Å². The van der Waals surface area contributed by atoms with E-state index >= 15 is 0 Å². The molecule has 0 spiro atoms. The Morgan fingerprint density at radius 3 is 2.55 bits per heavy atom. The van der Waals surface area contributed by atoms with Crippen molar-refractivity contribution in [1.82, 2.24) is 5.32 Å². The number of thioether (sulfide) groups is 1. The van der Waals surface area contributed by atoms with Crippen molar-refractivity contribution in [2.45, 2.75) is 18.2 Å². The minimum absolute atomic E-state index is 0.0545. The van der Waals surface area contributed by atoms with E-state index in [1.807, 2.05) is 6.07 Å². The number of nitrogens with one attached hydrogen (secondary N) is 1. The molecule has 0 aliphatic rings. The van der Waals surface area contributed by atoms with Gasteiger partial charge in [0.25, 0.3) is 0 Å². The zero-order valence-electron chi connectivity index (χ0n) is 10.2. The Balaban J connectivity index is 2.34. The van der Waals surface area contributed by atoms with Crippen LogP contribution in [-0.4, -0.2) is 39.9 Å². The monoisotopic (exact) mass is 337 g/mol. The first-order valence-electron chi connectivity index (χ1n) is 5.44. The van der Waals surface area contributed by atoms with Crippen molar-refractivity contribution < 1.29 is 24.6 Å². The lowest BCUT2D eigenvalue weighted by Gasteiger charge is -2.11. The largest absolute Gasteiger partial charge is 0.481 e. The summed E-state index contributed by atoms with van der Waals surface area (Å²) >= 11 is 8.47. The van der Waals surface area contributed by atoms with Crippen molar-refractivity contribution in [3.8, 4) is 0 Å². The number of aliphatic carboxylic acids is 2. The van der Waals surface area contributed by atoms with Gasteiger partial charge in [-0.05, 0) is 12.1 Å². The first-order valence-corrected chi connectivity index (χ1v) is 7.79. The Labute approximate surface area is 128 Å². The molecule has 0 bridgehead atoms. The molecular weight excluding hydrogens is 326 g/mol. The molecule has 0 aromatic carbocycles. The van der Waals surface area contributed by atoms with Crippen LogP contribution in [0.15, 0.2) is 12.1 Å². The summed E-state index contributed by atoms with van der Waals surface area (Å²) in [5.41, 5.74) is 0. The number of hydrogen-bond acceptors (Lipinski definition) is 5. The first-order chi connectivity index (χ1) is 9.38. The number of halogens is 1. The van der Waals surface area contributed by atoms with E-state index in [9.17, 15) is 14.4 Å². The highest BCUT2D eigenvalue weighted by Gasteiger charge is 2.22. The Kier molecular flexibility index (Phi) is 6.83. The van der Waals surface area contributed by atoms with Gasteiger partial charge in [0.05, 0.1) is 16.5 Å². The molecule has 0 fully saturated rings. The number of carbonyl (C=O) groups excluding carboxylic acids is 1. The standard InChI is InChI=1S/C11H12ClNO5S2/c12-8-2-1-6(20-8)4-19-5-9(14)13-7(11(17)18)3-10(15)16/h1-2,7H,3-5H2,(H,13,14)(H,15,16)(H,17,18). The average Bonchev–Trinajstić information content (AvgIpc) is 2.73. The van der Waals surface area contributed by atoms with Gasteiger partial charge in [-0.15, -0.1) is 23.1 Å². The minimum Gasteiger partial charge on any atom is -0.481 e. The lowest BCUT2D eigenvalue weighted by molar-refractivity contribution is -0.147. The molecule has 110 valence electrons. The third-order valence-electron chi connectivity index (χ3n) is 2.12. The first kappa shape index (κ1) is 16.8. The molecular formula is C11H12ClNO5S2. The molecule has 1 rings (SSSR count). The molecule has 0 saturated carbocycles. The van der Waals surface area contributed by atoms with Gasteiger partial charge in [0.1, 0.15) is 6.04 Å². The van der Waals surface area contributed by atoms with Crippen molar-refractivity contribution in [3.05, 3.63) is 21.3 Å². The Hall–Kier alpha value is -1.25. The van der Waals surface area contributed by atoms with Crippen LogP contribution < -0.4 is 5.32 Å². The van der Waals surface area contributed by atoms with Crippen LogP contribution in [0.2, 0.25) is 4.34 Å². The number of hydrogen-bond donors (Lipinski definition) is 3. The third kappa shape index (κ3) is 6.27. The molecule has 0 aliphatic heterocycles. The summed E-state index contributed by atoms with van der Waals surface area (Å²) in [4.78, 5) is 33.8. The molecule has 1 heterocycles. The predicted octanol–water partition coefficient (Wildman–Crippen LogP) is 1.68. The van der Waals surface area contributed by atoms with E-state index in [0.717, 1.165) is 4.88 Å². The minimum atomic E-state index is -1.41. The Bertz CT molecular complexity index is 505. The van der Waals surface area contributed by atoms with Crippen molar-refractivity contribution in [2.75, 3.05) is 5.75 Å². The zero-order valence-corrected chi connectivity index (χ0v) is 12.6. The molecule has 9 heteroatoms. The molecule has 6 nitrogen and oxygen atoms in total. The molecule has 1 aromatic rings. The molecule has 0 aliphatic carbocycles. The fraction of sp³-hybridized carbons (Fsp3) is 0.364. The molecule has 20 heavy (non-hydrogen) atoms. The van der Waals surface area contributed by atoms with Gasteiger partial charge in [0, 0.05) is 10.6 Å². The molecule has 1 unspecified atom stereocenters. The smallest absolute Gasteiger partial charge is 0.326 e. The highest BCUT2D eigenvalue weighted by molar-refractivity contribution is 7.99. The SMILES string of the molecule is O=C(O)CC(NC(=O)CSCc1ccc(Cl)s1)C(=O)O. The second kappa shape index (κ2) is 8.13. The zero-order chi connectivity index (χ0) is 15.1. The van der Waals surface area contributed by atoms with E-state index in [0.29, 0.717) is 10.1 Å². The Morgan fingerprint density at radius 1 is 1.35 bits per heavy atom. The van der Waals surface area contributed by atoms with Gasteiger partial charge >= 0.3 is 11.9 Å². The summed E-state index contributed by atoms with van der Waals surface area (Å²) < 4.78 is 0.664. The highest BCUT2D eigenvalue weighted by atomic mass is 35.5. The van der Waals surface area contributed by atoms with Crippen LogP contribution in [0.5, 0.6) is 0 Å². The number of carboxylic acid groups (broad SMARTS) is 2. The van der Waals surface area contributed by atoms with Crippen molar-refractivity contribution in [3.63, 3.8) is 0 Å². The van der Waals surface area contributed by atoms with E-state index in [1.54, 1.807) is 6.07 Å². The maximum Gasteiger partial charge on any atom is 0.326 e. The van der Waals surface area contributed by atoms with Crippen LogP contribution in [0, 0.1) is 0 Å². The van der Waals surface area contributed by atoms with Gasteiger partial charge in [-0.1, -0.05) is 11.6 Å². The summed E-state index contributed by atoms with van der Waals surface area (Å²) in [5.74, 6) is -2.51. The molecule has 1 amide bonds. The summed E-state index contributed by atoms with van der Waals surface area (Å²) in [6.07, 6.45) is -0.647. The van der Waals surface area contributed by atoms with Crippen LogP contribution in [-0.2, 0) is 20.1 Å². The van der Waals surface area contributed by atoms with Gasteiger partial charge in [-0.3, -0.25) is 9.59 Å². The number of carboxylic acids is 2. The van der Waals surface area contributed by atoms with Crippen LogP contribution >= 0.6 is 34.7 Å². The van der Waals surface area contributed by atoms with Gasteiger partial charge in [0.15, 0.2) is 0 Å². The van der Waals surface area contributed by atoms with E-state index in [-0.39, 0.29) is 5.75 Å². The quantitative estimate of drug-likeness (QED) is 0.666. The number of carbonyl (C=O) groups is 3. The Morgan fingerprint density at radius 2 is 2.05 bits per heavy atom. The number of amides is 1. The highest BCUT2D eigenvalue weighted by Crippen LogP contribution is 2.24. The van der Waals surface area contributed by atoms with E-state index in [4.69, 9.17) is 21.8 Å². The van der Waals surface area contributed by atoms with Gasteiger partial charge in [-0.25, -0.2) is 4.79 Å². The fourth-order valence-corrected chi connectivity index (χ4v) is 3.32. The van der Waals surface area contributed by atoms with Crippen LogP contribution in [0.4, 0.5) is 0 Å². The number of rotatable bonds is 8. The van der Waals surface area contributed by atoms with Gasteiger partial charge in [0.2, 0.25) is 5.91 Å². The average molecular weight is 338 g/mol. The van der Waals surface area contributed by atoms with Crippen molar-refractivity contribution >= 4 is 52.5 Å². The van der Waals surface area contributed by atoms with Crippen LogP contribution in [0.25, 0.3) is 0 Å². The van der Waals surface area contributed by atoms with Crippen molar-refractivity contribution in [1.29, 1.82) is 0 Å². The molecule has 3 N–H and O–H groups in total. The second-order valence-electron chi connectivity index (χ2n) is 3.75. The lowest BCUT2D eigenvalue weighted by atomic mass is 10.2. The van der Waals surface area contributed by atoms with E-state index in [1.165, 1.54) is 23.1 Å². The lowest BCUT2D eigenvalue weighted by Crippen LogP contribution is -2.43. The maximum absolute atomic E-state index is 11.5. The summed E-state index contributed by atoms with van der Waals surface area (Å²) in [5, 5.41) is 19.5. The fourth-order valence-electron chi connectivity index (χ4n) is 1.28. The maximum atomic E-state index is 11.5. The third-order valence-corrected chi connectivity index (χ3v) is 4.51. The van der Waals surface area contributed by atoms with Gasteiger partial charge < -0.3 is 15.5 Å². The molecule has 1 atom stereocenters. The molecule has 0 saturated heterocycles. The molecule has 0 radical (unpaired) electrons. The van der Waals surface area contributed by atoms with Crippen molar-refractivity contribution in [2.24, 2.45) is 0 Å². The summed E-state index contributed by atoms with van der Waals surface area (Å²) in [7, 11) is 0. The predicted molar refractivity (Wildman–Crippen MR) is 77.3 cm³/mol. The normalized spacial score (nSPS) is 11.8. The second-order valence-corrected chi connectivity index (χ2v) is 6.54. The number of thiophene rings is 1. The molecule has 1 aromatic heterocycles. The van der Waals surface area contributed by atoms with Gasteiger partial charge in [-0.2, -0.15) is 0 Å². The summed E-state index contributed by atoms with van der Waals surface area (Å²) in [6, 6.07) is 2.20. The van der Waals surface area contributed by atoms with Crippen LogP contribution in [0.3, 0.4) is 0 Å².